The zero-order valence-electron chi connectivity index (χ0n) is 15.5. The highest BCUT2D eigenvalue weighted by molar-refractivity contribution is 6.00. The maximum Gasteiger partial charge on any atom is 0.259 e. The second-order valence-corrected chi connectivity index (χ2v) is 7.42. The van der Waals surface area contributed by atoms with Gasteiger partial charge in [0.1, 0.15) is 5.56 Å². The van der Waals surface area contributed by atoms with E-state index < -0.39 is 0 Å². The van der Waals surface area contributed by atoms with Gasteiger partial charge in [0, 0.05) is 23.8 Å². The van der Waals surface area contributed by atoms with Gasteiger partial charge in [-0.25, -0.2) is 9.50 Å². The van der Waals surface area contributed by atoms with Gasteiger partial charge < -0.3 is 4.90 Å². The summed E-state index contributed by atoms with van der Waals surface area (Å²) in [6, 6.07) is 12.5. The first-order chi connectivity index (χ1) is 12.6. The molecule has 2 heterocycles. The largest absolute Gasteiger partial charge is 0.333 e. The first-order valence-electron chi connectivity index (χ1n) is 9.28. The second-order valence-electron chi connectivity index (χ2n) is 7.42. The molecule has 1 aliphatic rings. The summed E-state index contributed by atoms with van der Waals surface area (Å²) in [5, 5.41) is 4.49. The van der Waals surface area contributed by atoms with Crippen LogP contribution in [0.5, 0.6) is 0 Å². The number of hydrogen-bond acceptors (Lipinski definition) is 3. The van der Waals surface area contributed by atoms with Gasteiger partial charge in [0.15, 0.2) is 5.65 Å². The van der Waals surface area contributed by atoms with Crippen molar-refractivity contribution in [2.75, 3.05) is 0 Å². The average Bonchev–Trinajstić information content (AvgIpc) is 3.39. The van der Waals surface area contributed by atoms with E-state index >= 15 is 0 Å². The SMILES string of the molecule is CC(C)[C@@H](C)N(C(=O)c1cnn2c(-c3ccccc3)ccnc12)C1CC1. The maximum atomic E-state index is 13.3. The molecule has 2 aromatic heterocycles. The molecule has 26 heavy (non-hydrogen) atoms. The quantitative estimate of drug-likeness (QED) is 0.699. The molecule has 1 atom stereocenters. The molecule has 5 heteroatoms. The van der Waals surface area contributed by atoms with Crippen molar-refractivity contribution in [3.63, 3.8) is 0 Å². The number of nitrogens with zero attached hydrogens (tertiary/aromatic N) is 4. The molecule has 1 amide bonds. The van der Waals surface area contributed by atoms with Gasteiger partial charge in [0.25, 0.3) is 5.91 Å². The van der Waals surface area contributed by atoms with E-state index in [1.54, 1.807) is 16.9 Å². The highest BCUT2D eigenvalue weighted by Crippen LogP contribution is 2.33. The summed E-state index contributed by atoms with van der Waals surface area (Å²) >= 11 is 0. The van der Waals surface area contributed by atoms with E-state index in [1.165, 1.54) is 0 Å². The van der Waals surface area contributed by atoms with Crippen LogP contribution in [0.25, 0.3) is 16.9 Å². The summed E-state index contributed by atoms with van der Waals surface area (Å²) in [4.78, 5) is 19.8. The first-order valence-corrected chi connectivity index (χ1v) is 9.28. The van der Waals surface area contributed by atoms with Crippen molar-refractivity contribution >= 4 is 11.6 Å². The molecule has 4 rings (SSSR count). The Hall–Kier alpha value is -2.69. The summed E-state index contributed by atoms with van der Waals surface area (Å²) in [7, 11) is 0. The molecule has 0 aliphatic heterocycles. The van der Waals surface area contributed by atoms with Gasteiger partial charge in [0.2, 0.25) is 0 Å². The molecule has 0 unspecified atom stereocenters. The lowest BCUT2D eigenvalue weighted by atomic mass is 10.0. The topological polar surface area (TPSA) is 50.5 Å². The summed E-state index contributed by atoms with van der Waals surface area (Å²) in [5.74, 6) is 0.454. The molecule has 134 valence electrons. The molecular weight excluding hydrogens is 324 g/mol. The third-order valence-electron chi connectivity index (χ3n) is 5.28. The number of fused-ring (bicyclic) bond motifs is 1. The van der Waals surface area contributed by atoms with Gasteiger partial charge >= 0.3 is 0 Å². The van der Waals surface area contributed by atoms with Crippen LogP contribution in [0.4, 0.5) is 0 Å². The molecule has 1 fully saturated rings. The Balaban J connectivity index is 1.77. The summed E-state index contributed by atoms with van der Waals surface area (Å²) in [6.07, 6.45) is 5.60. The van der Waals surface area contributed by atoms with Gasteiger partial charge in [-0.3, -0.25) is 4.79 Å². The number of benzene rings is 1. The van der Waals surface area contributed by atoms with E-state index in [0.29, 0.717) is 23.2 Å². The number of rotatable bonds is 5. The highest BCUT2D eigenvalue weighted by atomic mass is 16.2. The van der Waals surface area contributed by atoms with E-state index in [-0.39, 0.29) is 11.9 Å². The van der Waals surface area contributed by atoms with Crippen LogP contribution in [0.2, 0.25) is 0 Å². The van der Waals surface area contributed by atoms with Gasteiger partial charge in [-0.1, -0.05) is 44.2 Å². The molecular formula is C21H24N4O. The molecule has 0 saturated heterocycles. The Morgan fingerprint density at radius 2 is 1.88 bits per heavy atom. The van der Waals surface area contributed by atoms with Crippen LogP contribution in [-0.2, 0) is 0 Å². The molecule has 1 aromatic carbocycles. The standard InChI is InChI=1S/C21H24N4O/c1-14(2)15(3)24(17-9-10-17)21(26)18-13-23-25-19(11-12-22-20(18)25)16-7-5-4-6-8-16/h4-8,11-15,17H,9-10H2,1-3H3/t15-/m1/s1. The van der Waals surface area contributed by atoms with Crippen LogP contribution >= 0.6 is 0 Å². The van der Waals surface area contributed by atoms with Crippen molar-refractivity contribution in [2.45, 2.75) is 45.7 Å². The van der Waals surface area contributed by atoms with E-state index in [4.69, 9.17) is 0 Å². The Bertz CT molecular complexity index is 928. The monoisotopic (exact) mass is 348 g/mol. The van der Waals surface area contributed by atoms with Crippen LogP contribution in [0.1, 0.15) is 44.0 Å². The molecule has 0 radical (unpaired) electrons. The van der Waals surface area contributed by atoms with E-state index in [2.05, 4.69) is 30.9 Å². The number of amides is 1. The minimum atomic E-state index is 0.0430. The molecule has 3 aromatic rings. The van der Waals surface area contributed by atoms with Crippen LogP contribution in [0.3, 0.4) is 0 Å². The highest BCUT2D eigenvalue weighted by Gasteiger charge is 2.38. The third-order valence-corrected chi connectivity index (χ3v) is 5.28. The molecule has 5 nitrogen and oxygen atoms in total. The van der Waals surface area contributed by atoms with Gasteiger partial charge in [-0.2, -0.15) is 5.10 Å². The lowest BCUT2D eigenvalue weighted by molar-refractivity contribution is 0.0629. The van der Waals surface area contributed by atoms with Crippen molar-refractivity contribution in [3.8, 4) is 11.3 Å². The smallest absolute Gasteiger partial charge is 0.259 e. The fourth-order valence-corrected chi connectivity index (χ4v) is 3.37. The summed E-state index contributed by atoms with van der Waals surface area (Å²) < 4.78 is 1.77. The fourth-order valence-electron chi connectivity index (χ4n) is 3.37. The van der Waals surface area contributed by atoms with Crippen molar-refractivity contribution in [3.05, 3.63) is 54.4 Å². The zero-order chi connectivity index (χ0) is 18.3. The average molecular weight is 348 g/mol. The van der Waals surface area contributed by atoms with Crippen LogP contribution in [0, 0.1) is 5.92 Å². The lowest BCUT2D eigenvalue weighted by Crippen LogP contribution is -2.43. The molecule has 0 spiro atoms. The Labute approximate surface area is 153 Å². The van der Waals surface area contributed by atoms with Crippen LogP contribution < -0.4 is 0 Å². The van der Waals surface area contributed by atoms with Gasteiger partial charge in [0.05, 0.1) is 11.9 Å². The van der Waals surface area contributed by atoms with Gasteiger partial charge in [-0.05, 0) is 31.7 Å². The Kier molecular flexibility index (Phi) is 4.23. The second kappa shape index (κ2) is 6.56. The lowest BCUT2D eigenvalue weighted by Gasteiger charge is -2.31. The third kappa shape index (κ3) is 2.87. The summed E-state index contributed by atoms with van der Waals surface area (Å²) in [6.45, 7) is 6.46. The number of aromatic nitrogens is 3. The summed E-state index contributed by atoms with van der Waals surface area (Å²) in [5.41, 5.74) is 3.20. The number of carbonyl (C=O) groups is 1. The Morgan fingerprint density at radius 3 is 2.54 bits per heavy atom. The Morgan fingerprint density at radius 1 is 1.15 bits per heavy atom. The van der Waals surface area contributed by atoms with Crippen molar-refractivity contribution in [1.29, 1.82) is 0 Å². The predicted octanol–water partition coefficient (Wildman–Crippen LogP) is 4.05. The van der Waals surface area contributed by atoms with E-state index in [0.717, 1.165) is 24.1 Å². The molecule has 0 bridgehead atoms. The minimum absolute atomic E-state index is 0.0430. The number of hydrogen-bond donors (Lipinski definition) is 0. The molecule has 0 N–H and O–H groups in total. The van der Waals surface area contributed by atoms with E-state index in [1.807, 2.05) is 41.3 Å². The molecule has 1 saturated carbocycles. The van der Waals surface area contributed by atoms with Gasteiger partial charge in [-0.15, -0.1) is 0 Å². The fraction of sp³-hybridized carbons (Fsp3) is 0.381. The predicted molar refractivity (Wildman–Crippen MR) is 102 cm³/mol. The normalized spacial score (nSPS) is 15.4. The van der Waals surface area contributed by atoms with Crippen LogP contribution in [-0.4, -0.2) is 37.5 Å². The van der Waals surface area contributed by atoms with E-state index in [9.17, 15) is 4.79 Å². The number of carbonyl (C=O) groups excluding carboxylic acids is 1. The minimum Gasteiger partial charge on any atom is -0.333 e. The van der Waals surface area contributed by atoms with Crippen molar-refractivity contribution < 1.29 is 4.79 Å². The first kappa shape index (κ1) is 16.8. The molecule has 1 aliphatic carbocycles. The van der Waals surface area contributed by atoms with Crippen molar-refractivity contribution in [1.82, 2.24) is 19.5 Å². The van der Waals surface area contributed by atoms with Crippen LogP contribution in [0.15, 0.2) is 48.8 Å². The zero-order valence-corrected chi connectivity index (χ0v) is 15.5. The van der Waals surface area contributed by atoms with Crippen molar-refractivity contribution in [2.24, 2.45) is 5.92 Å². The maximum absolute atomic E-state index is 13.3.